The Kier molecular flexibility index (Phi) is 4.51. The Morgan fingerprint density at radius 3 is 2.92 bits per heavy atom. The number of carbonyl (C=O) groups is 1. The highest BCUT2D eigenvalue weighted by molar-refractivity contribution is 7.12. The van der Waals surface area contributed by atoms with Crippen molar-refractivity contribution in [3.63, 3.8) is 0 Å². The van der Waals surface area contributed by atoms with Crippen LogP contribution in [0, 0.1) is 0 Å². The van der Waals surface area contributed by atoms with E-state index in [1.165, 1.54) is 30.6 Å². The normalized spacial score (nSPS) is 15.2. The lowest BCUT2D eigenvalue weighted by molar-refractivity contribution is 0.0927. The van der Waals surface area contributed by atoms with Gasteiger partial charge in [0, 0.05) is 29.4 Å². The van der Waals surface area contributed by atoms with Crippen molar-refractivity contribution in [3.05, 3.63) is 34.9 Å². The van der Waals surface area contributed by atoms with Crippen LogP contribution in [-0.4, -0.2) is 32.1 Å². The number of amides is 1. The third kappa shape index (κ3) is 3.58. The van der Waals surface area contributed by atoms with E-state index in [9.17, 15) is 4.79 Å². The Morgan fingerprint density at radius 1 is 1.24 bits per heavy atom. The quantitative estimate of drug-likeness (QED) is 0.771. The van der Waals surface area contributed by atoms with Crippen LogP contribution in [0.3, 0.4) is 0 Å². The summed E-state index contributed by atoms with van der Waals surface area (Å²) in [5.74, 6) is 0.617. The summed E-state index contributed by atoms with van der Waals surface area (Å²) in [6.07, 6.45) is 9.04. The molecule has 1 saturated carbocycles. The molecule has 4 rings (SSSR count). The summed E-state index contributed by atoms with van der Waals surface area (Å²) in [7, 11) is 0. The molecule has 0 aromatic carbocycles. The molecule has 128 valence electrons. The van der Waals surface area contributed by atoms with Gasteiger partial charge in [0.25, 0.3) is 11.8 Å². The Labute approximate surface area is 148 Å². The number of nitrogens with one attached hydrogen (secondary N) is 1. The van der Waals surface area contributed by atoms with Crippen molar-refractivity contribution in [2.75, 3.05) is 0 Å². The predicted molar refractivity (Wildman–Crippen MR) is 93.0 cm³/mol. The van der Waals surface area contributed by atoms with Gasteiger partial charge in [0.2, 0.25) is 5.82 Å². The Hall–Kier alpha value is -2.61. The van der Waals surface area contributed by atoms with Gasteiger partial charge in [0.15, 0.2) is 5.01 Å². The third-order valence-corrected chi connectivity index (χ3v) is 5.04. The van der Waals surface area contributed by atoms with E-state index < -0.39 is 0 Å². The Bertz CT molecular complexity index is 855. The van der Waals surface area contributed by atoms with Crippen molar-refractivity contribution in [1.82, 2.24) is 25.4 Å². The highest BCUT2D eigenvalue weighted by Crippen LogP contribution is 2.24. The van der Waals surface area contributed by atoms with E-state index >= 15 is 0 Å². The summed E-state index contributed by atoms with van der Waals surface area (Å²) in [5.41, 5.74) is 1.28. The van der Waals surface area contributed by atoms with Crippen molar-refractivity contribution in [2.45, 2.75) is 38.1 Å². The summed E-state index contributed by atoms with van der Waals surface area (Å²) in [5, 5.41) is 9.19. The van der Waals surface area contributed by atoms with Crippen molar-refractivity contribution in [3.8, 4) is 23.0 Å². The fourth-order valence-corrected chi connectivity index (χ4v) is 3.60. The fraction of sp³-hybridized carbons (Fsp3) is 0.353. The summed E-state index contributed by atoms with van der Waals surface area (Å²) < 4.78 is 5.27. The number of aromatic nitrogens is 4. The van der Waals surface area contributed by atoms with Crippen molar-refractivity contribution in [1.29, 1.82) is 0 Å². The van der Waals surface area contributed by atoms with Crippen LogP contribution in [0.4, 0.5) is 0 Å². The van der Waals surface area contributed by atoms with Gasteiger partial charge in [-0.3, -0.25) is 9.78 Å². The summed E-state index contributed by atoms with van der Waals surface area (Å²) in [6, 6.07) is 3.92. The number of pyridine rings is 1. The van der Waals surface area contributed by atoms with E-state index in [-0.39, 0.29) is 11.9 Å². The van der Waals surface area contributed by atoms with E-state index in [2.05, 4.69) is 25.4 Å². The summed E-state index contributed by atoms with van der Waals surface area (Å²) in [4.78, 5) is 25.1. The maximum atomic E-state index is 12.3. The zero-order valence-corrected chi connectivity index (χ0v) is 14.3. The second-order valence-corrected chi connectivity index (χ2v) is 6.87. The van der Waals surface area contributed by atoms with Gasteiger partial charge in [-0.05, 0) is 25.0 Å². The monoisotopic (exact) mass is 355 g/mol. The van der Waals surface area contributed by atoms with Crippen molar-refractivity contribution < 1.29 is 9.32 Å². The smallest absolute Gasteiger partial charge is 0.280 e. The number of carbonyl (C=O) groups excluding carboxylic acids is 1. The molecule has 3 aromatic heterocycles. The number of hydrogen-bond acceptors (Lipinski definition) is 7. The molecule has 0 saturated heterocycles. The summed E-state index contributed by atoms with van der Waals surface area (Å²) in [6.45, 7) is 0. The van der Waals surface area contributed by atoms with Crippen LogP contribution < -0.4 is 5.32 Å². The molecule has 0 spiro atoms. The number of hydrogen-bond donors (Lipinski definition) is 1. The van der Waals surface area contributed by atoms with E-state index in [0.717, 1.165) is 18.4 Å². The molecule has 7 nitrogen and oxygen atoms in total. The first-order chi connectivity index (χ1) is 12.3. The minimum Gasteiger partial charge on any atom is -0.347 e. The largest absolute Gasteiger partial charge is 0.347 e. The molecule has 8 heteroatoms. The zero-order chi connectivity index (χ0) is 17.1. The lowest BCUT2D eigenvalue weighted by Crippen LogP contribution is -2.36. The van der Waals surface area contributed by atoms with E-state index in [4.69, 9.17) is 4.52 Å². The molecule has 25 heavy (non-hydrogen) atoms. The minimum absolute atomic E-state index is 0.129. The topological polar surface area (TPSA) is 93.8 Å². The molecule has 1 amide bonds. The molecule has 0 radical (unpaired) electrons. The van der Waals surface area contributed by atoms with Crippen LogP contribution >= 0.6 is 11.3 Å². The van der Waals surface area contributed by atoms with E-state index in [0.29, 0.717) is 22.4 Å². The fourth-order valence-electron chi connectivity index (χ4n) is 2.91. The van der Waals surface area contributed by atoms with Crippen molar-refractivity contribution in [2.24, 2.45) is 0 Å². The lowest BCUT2D eigenvalue weighted by atomic mass is 9.95. The molecule has 1 fully saturated rings. The number of nitrogens with zero attached hydrogens (tertiary/aromatic N) is 4. The van der Waals surface area contributed by atoms with Gasteiger partial charge >= 0.3 is 0 Å². The molecule has 1 aliphatic carbocycles. The van der Waals surface area contributed by atoms with Gasteiger partial charge in [-0.2, -0.15) is 4.98 Å². The van der Waals surface area contributed by atoms with Gasteiger partial charge in [-0.1, -0.05) is 24.4 Å². The zero-order valence-electron chi connectivity index (χ0n) is 13.5. The van der Waals surface area contributed by atoms with Crippen LogP contribution in [0.1, 0.15) is 41.9 Å². The number of thiazole rings is 1. The van der Waals surface area contributed by atoms with E-state index in [1.54, 1.807) is 17.8 Å². The molecule has 0 bridgehead atoms. The molecule has 3 aromatic rings. The number of rotatable bonds is 4. The predicted octanol–water partition coefficient (Wildman–Crippen LogP) is 3.32. The molecule has 3 heterocycles. The van der Waals surface area contributed by atoms with Crippen LogP contribution in [-0.2, 0) is 0 Å². The van der Waals surface area contributed by atoms with Crippen LogP contribution in [0.25, 0.3) is 23.0 Å². The lowest BCUT2D eigenvalue weighted by Gasteiger charge is -2.22. The standard InChI is InChI=1S/C17H17N5O2S/c23-15(19-12-6-2-1-3-7-12)17-20-13(10-25-17)16-21-14(22-24-16)11-5-4-8-18-9-11/h4-5,8-10,12H,1-3,6-7H2,(H,19,23). The van der Waals surface area contributed by atoms with Crippen LogP contribution in [0.5, 0.6) is 0 Å². The second-order valence-electron chi connectivity index (χ2n) is 6.01. The third-order valence-electron chi connectivity index (χ3n) is 4.20. The molecule has 0 aliphatic heterocycles. The van der Waals surface area contributed by atoms with Crippen LogP contribution in [0.2, 0.25) is 0 Å². The van der Waals surface area contributed by atoms with Gasteiger partial charge < -0.3 is 9.84 Å². The van der Waals surface area contributed by atoms with Crippen LogP contribution in [0.15, 0.2) is 34.4 Å². The molecule has 0 unspecified atom stereocenters. The van der Waals surface area contributed by atoms with Crippen molar-refractivity contribution >= 4 is 17.2 Å². The maximum Gasteiger partial charge on any atom is 0.280 e. The summed E-state index contributed by atoms with van der Waals surface area (Å²) >= 11 is 1.28. The first-order valence-corrected chi connectivity index (χ1v) is 9.18. The SMILES string of the molecule is O=C(NC1CCCCC1)c1nc(-c2nc(-c3cccnc3)no2)cs1. The van der Waals surface area contributed by atoms with E-state index in [1.807, 2.05) is 12.1 Å². The average molecular weight is 355 g/mol. The molecule has 0 atom stereocenters. The van der Waals surface area contributed by atoms with Gasteiger partial charge in [-0.25, -0.2) is 4.98 Å². The molecular weight excluding hydrogens is 338 g/mol. The minimum atomic E-state index is -0.129. The van der Waals surface area contributed by atoms with Gasteiger partial charge in [0.05, 0.1) is 0 Å². The first-order valence-electron chi connectivity index (χ1n) is 8.30. The first kappa shape index (κ1) is 15.9. The Balaban J connectivity index is 1.47. The van der Waals surface area contributed by atoms with Gasteiger partial charge in [0.1, 0.15) is 5.69 Å². The maximum absolute atomic E-state index is 12.3. The molecule has 1 aliphatic rings. The highest BCUT2D eigenvalue weighted by Gasteiger charge is 2.20. The second kappa shape index (κ2) is 7.10. The van der Waals surface area contributed by atoms with Gasteiger partial charge in [-0.15, -0.1) is 11.3 Å². The Morgan fingerprint density at radius 2 is 2.12 bits per heavy atom. The average Bonchev–Trinajstić information content (AvgIpc) is 3.33. The molecule has 1 N–H and O–H groups in total. The molecular formula is C17H17N5O2S. The highest BCUT2D eigenvalue weighted by atomic mass is 32.1.